The summed E-state index contributed by atoms with van der Waals surface area (Å²) in [5.74, 6) is 0.558. The van der Waals surface area contributed by atoms with Crippen LogP contribution < -0.4 is 0 Å². The van der Waals surface area contributed by atoms with Crippen LogP contribution in [0.1, 0.15) is 86.4 Å². The number of carbonyl (C=O) groups is 2. The van der Waals surface area contributed by atoms with Gasteiger partial charge in [0.05, 0.1) is 30.2 Å². The van der Waals surface area contributed by atoms with Crippen molar-refractivity contribution >= 4 is 12.0 Å². The molecule has 9 nitrogen and oxygen atoms in total. The second-order valence-electron chi connectivity index (χ2n) is 14.1. The van der Waals surface area contributed by atoms with Crippen LogP contribution >= 0.6 is 0 Å². The molecule has 1 aromatic heterocycles. The van der Waals surface area contributed by atoms with E-state index >= 15 is 0 Å². The molecule has 12 heteroatoms. The van der Waals surface area contributed by atoms with Crippen LogP contribution in [0.3, 0.4) is 0 Å². The Labute approximate surface area is 257 Å². The maximum absolute atomic E-state index is 13.4. The molecule has 6 rings (SSSR count). The van der Waals surface area contributed by atoms with E-state index in [-0.39, 0.29) is 34.5 Å². The Balaban J connectivity index is 1.06. The average molecular weight is 622 g/mol. The Hall–Kier alpha value is -2.47. The highest BCUT2D eigenvalue weighted by atomic mass is 19.4. The summed E-state index contributed by atoms with van der Waals surface area (Å²) < 4.78 is 51.4. The van der Waals surface area contributed by atoms with E-state index in [0.717, 1.165) is 84.3 Å². The maximum Gasteiger partial charge on any atom is 0.451 e. The summed E-state index contributed by atoms with van der Waals surface area (Å²) in [7, 11) is 0. The van der Waals surface area contributed by atoms with E-state index in [2.05, 4.69) is 28.7 Å². The molecular formula is C32H46F3N5O4. The van der Waals surface area contributed by atoms with Crippen LogP contribution in [0.25, 0.3) is 0 Å². The van der Waals surface area contributed by atoms with Gasteiger partial charge in [-0.2, -0.15) is 13.2 Å². The van der Waals surface area contributed by atoms with Gasteiger partial charge in [-0.3, -0.25) is 9.69 Å². The number of likely N-dealkylation sites (tertiary alicyclic amines) is 2. The van der Waals surface area contributed by atoms with E-state index in [4.69, 9.17) is 9.47 Å². The van der Waals surface area contributed by atoms with Gasteiger partial charge in [0.2, 0.25) is 5.82 Å². The minimum atomic E-state index is -4.66. The zero-order chi connectivity index (χ0) is 31.4. The molecule has 1 spiro atoms. The van der Waals surface area contributed by atoms with Gasteiger partial charge < -0.3 is 19.3 Å². The average Bonchev–Trinajstić information content (AvgIpc) is 3.37. The maximum atomic E-state index is 13.4. The number of carbonyl (C=O) groups excluding carboxylic acids is 2. The van der Waals surface area contributed by atoms with E-state index in [0.29, 0.717) is 36.8 Å². The van der Waals surface area contributed by atoms with E-state index in [1.807, 2.05) is 4.90 Å². The van der Waals surface area contributed by atoms with Crippen molar-refractivity contribution in [3.63, 3.8) is 0 Å². The highest BCUT2D eigenvalue weighted by Gasteiger charge is 2.57. The lowest BCUT2D eigenvalue weighted by Crippen LogP contribution is -2.63. The van der Waals surface area contributed by atoms with E-state index in [9.17, 15) is 22.8 Å². The number of hydrogen-bond donors (Lipinski definition) is 0. The number of alkyl halides is 3. The molecule has 0 bridgehead atoms. The number of unbranched alkanes of at least 4 members (excludes halogenated alkanes) is 1. The fraction of sp³-hybridized carbons (Fsp3) is 0.812. The van der Waals surface area contributed by atoms with Crippen molar-refractivity contribution in [3.8, 4) is 0 Å². The molecule has 0 radical (unpaired) electrons. The molecule has 3 atom stereocenters. The predicted octanol–water partition coefficient (Wildman–Crippen LogP) is 5.09. The zero-order valence-corrected chi connectivity index (χ0v) is 26.4. The van der Waals surface area contributed by atoms with Crippen molar-refractivity contribution in [1.29, 1.82) is 0 Å². The summed E-state index contributed by atoms with van der Waals surface area (Å²) in [6.45, 7) is 13.2. The molecule has 1 aromatic rings. The number of aromatic nitrogens is 2. The molecule has 5 heterocycles. The first-order valence-electron chi connectivity index (χ1n) is 16.4. The van der Waals surface area contributed by atoms with Gasteiger partial charge in [0, 0.05) is 63.6 Å². The molecule has 1 aliphatic carbocycles. The summed E-state index contributed by atoms with van der Waals surface area (Å²) in [4.78, 5) is 40.1. The van der Waals surface area contributed by atoms with Crippen molar-refractivity contribution < 1.29 is 32.2 Å². The third kappa shape index (κ3) is 5.81. The summed E-state index contributed by atoms with van der Waals surface area (Å²) in [5.41, 5.74) is -0.277. The van der Waals surface area contributed by atoms with Crippen LogP contribution in [0.4, 0.5) is 18.0 Å². The first-order valence-corrected chi connectivity index (χ1v) is 16.4. The summed E-state index contributed by atoms with van der Waals surface area (Å²) in [5, 5.41) is 0. The molecule has 5 aliphatic rings. The van der Waals surface area contributed by atoms with Gasteiger partial charge in [-0.15, -0.1) is 0 Å². The molecule has 244 valence electrons. The lowest BCUT2D eigenvalue weighted by molar-refractivity contribution is -0.145. The highest BCUT2D eigenvalue weighted by Crippen LogP contribution is 2.52. The number of aryl methyl sites for hydroxylation is 2. The number of fused-ring (bicyclic) bond motifs is 1. The normalized spacial score (nSPS) is 29.9. The van der Waals surface area contributed by atoms with Crippen molar-refractivity contribution in [1.82, 2.24) is 24.7 Å². The van der Waals surface area contributed by atoms with Crippen molar-refractivity contribution in [2.75, 3.05) is 52.5 Å². The highest BCUT2D eigenvalue weighted by molar-refractivity contribution is 5.96. The quantitative estimate of drug-likeness (QED) is 0.419. The molecule has 44 heavy (non-hydrogen) atoms. The van der Waals surface area contributed by atoms with Crippen LogP contribution in [-0.2, 0) is 15.7 Å². The Morgan fingerprint density at radius 2 is 1.61 bits per heavy atom. The van der Waals surface area contributed by atoms with Crippen LogP contribution in [0.5, 0.6) is 0 Å². The SMILES string of the molecule is CCCCC1CN(CC2C3COCC32)C(=O)OC12CCN(C1(C)CCN(C(=O)c3c(C)nc(C(F)(F)F)nc3C)CC1)CC2. The molecule has 0 aromatic carbocycles. The van der Waals surface area contributed by atoms with E-state index < -0.39 is 17.6 Å². The second kappa shape index (κ2) is 11.7. The number of halogens is 3. The third-order valence-corrected chi connectivity index (χ3v) is 11.4. The lowest BCUT2D eigenvalue weighted by Gasteiger charge is -2.55. The molecular weight excluding hydrogens is 575 g/mol. The first kappa shape index (κ1) is 31.5. The number of nitrogens with zero attached hydrogens (tertiary/aromatic N) is 5. The molecule has 4 aliphatic heterocycles. The molecule has 1 saturated carbocycles. The van der Waals surface area contributed by atoms with Crippen molar-refractivity contribution in [2.24, 2.45) is 23.7 Å². The summed E-state index contributed by atoms with van der Waals surface area (Å²) >= 11 is 0. The number of amides is 2. The van der Waals surface area contributed by atoms with Gasteiger partial charge in [-0.05, 0) is 57.8 Å². The van der Waals surface area contributed by atoms with E-state index in [1.54, 1.807) is 4.90 Å². The van der Waals surface area contributed by atoms with Gasteiger partial charge in [-0.1, -0.05) is 19.8 Å². The topological polar surface area (TPSA) is 88.1 Å². The van der Waals surface area contributed by atoms with Gasteiger partial charge in [0.25, 0.3) is 5.91 Å². The number of ether oxygens (including phenoxy) is 2. The number of rotatable bonds is 7. The summed E-state index contributed by atoms with van der Waals surface area (Å²) in [6, 6.07) is 0. The lowest BCUT2D eigenvalue weighted by atomic mass is 9.74. The Morgan fingerprint density at radius 1 is 1.00 bits per heavy atom. The Morgan fingerprint density at radius 3 is 2.18 bits per heavy atom. The van der Waals surface area contributed by atoms with Gasteiger partial charge in [-0.25, -0.2) is 14.8 Å². The van der Waals surface area contributed by atoms with E-state index in [1.165, 1.54) is 13.8 Å². The van der Waals surface area contributed by atoms with Gasteiger partial charge in [0.15, 0.2) is 0 Å². The van der Waals surface area contributed by atoms with Crippen LogP contribution in [0.15, 0.2) is 0 Å². The van der Waals surface area contributed by atoms with Crippen molar-refractivity contribution in [2.45, 2.75) is 90.0 Å². The molecule has 0 N–H and O–H groups in total. The number of piperidine rings is 2. The van der Waals surface area contributed by atoms with Gasteiger partial charge >= 0.3 is 12.3 Å². The largest absolute Gasteiger partial charge is 0.451 e. The minimum absolute atomic E-state index is 0.0525. The van der Waals surface area contributed by atoms with Gasteiger partial charge in [0.1, 0.15) is 5.60 Å². The molecule has 3 unspecified atom stereocenters. The Kier molecular flexibility index (Phi) is 8.39. The molecule has 4 saturated heterocycles. The zero-order valence-electron chi connectivity index (χ0n) is 26.4. The fourth-order valence-corrected chi connectivity index (χ4v) is 8.42. The summed E-state index contributed by atoms with van der Waals surface area (Å²) in [6.07, 6.45) is 1.60. The van der Waals surface area contributed by atoms with Crippen LogP contribution in [-0.4, -0.2) is 100 Å². The Bertz CT molecular complexity index is 1230. The molecule has 5 fully saturated rings. The predicted molar refractivity (Wildman–Crippen MR) is 156 cm³/mol. The monoisotopic (exact) mass is 621 g/mol. The van der Waals surface area contributed by atoms with Crippen LogP contribution in [0.2, 0.25) is 0 Å². The standard InChI is InChI=1S/C32H46F3N5O4/c1-5-6-7-22-16-39(17-23-24-18-43-19-25(23)24)29(42)44-31(22)10-14-40(15-11-31)30(4)8-12-38(13-9-30)27(41)26-20(2)36-28(32(33,34)35)37-21(26)3/h22-25H,5-19H2,1-4H3. The molecule has 2 amide bonds. The first-order chi connectivity index (χ1) is 20.8. The van der Waals surface area contributed by atoms with Crippen LogP contribution in [0, 0.1) is 37.5 Å². The van der Waals surface area contributed by atoms with Crippen molar-refractivity contribution in [3.05, 3.63) is 22.8 Å². The number of hydrogen-bond acceptors (Lipinski definition) is 7. The smallest absolute Gasteiger partial charge is 0.442 e. The third-order valence-electron chi connectivity index (χ3n) is 11.4. The minimum Gasteiger partial charge on any atom is -0.442 e. The fourth-order valence-electron chi connectivity index (χ4n) is 8.42. The second-order valence-corrected chi connectivity index (χ2v) is 14.1.